The van der Waals surface area contributed by atoms with Gasteiger partial charge in [0.05, 0.1) is 30.8 Å². The average molecular weight is 481 g/mol. The zero-order valence-corrected chi connectivity index (χ0v) is 21.8. The summed E-state index contributed by atoms with van der Waals surface area (Å²) in [6.45, 7) is 9.24. The molecule has 0 saturated carbocycles. The number of carbonyl (C=O) groups excluding carboxylic acids is 2. The molecule has 6 nitrogen and oxygen atoms in total. The minimum atomic E-state index is -0.661. The van der Waals surface area contributed by atoms with Crippen LogP contribution in [0.1, 0.15) is 83.9 Å². The van der Waals surface area contributed by atoms with Gasteiger partial charge in [0.15, 0.2) is 12.1 Å². The molecule has 0 bridgehead atoms. The topological polar surface area (TPSA) is 71.1 Å². The molecule has 1 aliphatic carbocycles. The van der Waals surface area contributed by atoms with Gasteiger partial charge in [0.2, 0.25) is 0 Å². The van der Waals surface area contributed by atoms with Crippen LogP contribution in [0, 0.1) is 5.92 Å². The number of methoxy groups -OCH3 is 3. The molecular formula is C29H36O6. The lowest BCUT2D eigenvalue weighted by molar-refractivity contribution is -0.127. The van der Waals surface area contributed by atoms with E-state index in [4.69, 9.17) is 18.9 Å². The summed E-state index contributed by atoms with van der Waals surface area (Å²) >= 11 is 0. The van der Waals surface area contributed by atoms with E-state index in [9.17, 15) is 9.59 Å². The van der Waals surface area contributed by atoms with Crippen molar-refractivity contribution in [3.63, 3.8) is 0 Å². The standard InChI is InChI=1S/C29H36O6/c1-28(2)12-13-29(3,4)22-15-23-19(14-21(22)28)25(30)20(16-35-23)24(27(33-6)34-7)17-8-10-18(11-9-17)26(31)32-5/h8-11,14-15,20,24,27H,12-13,16H2,1-7H3. The Labute approximate surface area is 207 Å². The Hall–Kier alpha value is -2.70. The van der Waals surface area contributed by atoms with Gasteiger partial charge in [0, 0.05) is 20.1 Å². The van der Waals surface area contributed by atoms with Gasteiger partial charge in [-0.05, 0) is 64.6 Å². The van der Waals surface area contributed by atoms with Crippen molar-refractivity contribution in [2.45, 2.75) is 63.6 Å². The van der Waals surface area contributed by atoms with E-state index in [0.29, 0.717) is 16.9 Å². The number of Topliss-reactive ketones (excluding diaryl/α,β-unsaturated/α-hetero) is 1. The lowest BCUT2D eigenvalue weighted by Gasteiger charge is -2.43. The van der Waals surface area contributed by atoms with Gasteiger partial charge in [-0.3, -0.25) is 4.79 Å². The largest absolute Gasteiger partial charge is 0.492 e. The number of ketones is 1. The van der Waals surface area contributed by atoms with Crippen LogP contribution in [-0.2, 0) is 25.0 Å². The van der Waals surface area contributed by atoms with Gasteiger partial charge in [0.1, 0.15) is 5.75 Å². The lowest BCUT2D eigenvalue weighted by Crippen LogP contribution is -2.40. The number of ether oxygens (including phenoxy) is 4. The predicted octanol–water partition coefficient (Wildman–Crippen LogP) is 5.42. The molecule has 35 heavy (non-hydrogen) atoms. The summed E-state index contributed by atoms with van der Waals surface area (Å²) in [5, 5.41) is 0. The Kier molecular flexibility index (Phi) is 6.82. The molecular weight excluding hydrogens is 444 g/mol. The van der Waals surface area contributed by atoms with Gasteiger partial charge in [-0.1, -0.05) is 39.8 Å². The van der Waals surface area contributed by atoms with Crippen LogP contribution in [0.15, 0.2) is 36.4 Å². The Bertz CT molecular complexity index is 1110. The molecule has 188 valence electrons. The third-order valence-corrected chi connectivity index (χ3v) is 7.88. The summed E-state index contributed by atoms with van der Waals surface area (Å²) < 4.78 is 22.3. The van der Waals surface area contributed by atoms with E-state index >= 15 is 0 Å². The quantitative estimate of drug-likeness (QED) is 0.406. The smallest absolute Gasteiger partial charge is 0.337 e. The molecule has 1 heterocycles. The number of esters is 1. The second kappa shape index (κ2) is 9.40. The number of hydrogen-bond acceptors (Lipinski definition) is 6. The highest BCUT2D eigenvalue weighted by Gasteiger charge is 2.43. The van der Waals surface area contributed by atoms with E-state index in [1.807, 2.05) is 12.1 Å². The van der Waals surface area contributed by atoms with Crippen LogP contribution in [0.2, 0.25) is 0 Å². The highest BCUT2D eigenvalue weighted by molar-refractivity contribution is 6.02. The number of rotatable bonds is 6. The fourth-order valence-electron chi connectivity index (χ4n) is 5.56. The molecule has 0 spiro atoms. The van der Waals surface area contributed by atoms with Crippen molar-refractivity contribution in [3.05, 3.63) is 64.2 Å². The summed E-state index contributed by atoms with van der Waals surface area (Å²) in [6.07, 6.45) is 1.50. The molecule has 2 unspecified atom stereocenters. The molecule has 1 aliphatic heterocycles. The maximum absolute atomic E-state index is 14.0. The van der Waals surface area contributed by atoms with Gasteiger partial charge < -0.3 is 18.9 Å². The van der Waals surface area contributed by atoms with E-state index in [0.717, 1.165) is 18.4 Å². The second-order valence-corrected chi connectivity index (χ2v) is 10.9. The van der Waals surface area contributed by atoms with Gasteiger partial charge in [-0.15, -0.1) is 0 Å². The van der Waals surface area contributed by atoms with Crippen molar-refractivity contribution in [1.29, 1.82) is 0 Å². The van der Waals surface area contributed by atoms with Gasteiger partial charge >= 0.3 is 5.97 Å². The Morgan fingerprint density at radius 1 is 0.943 bits per heavy atom. The zero-order valence-electron chi connectivity index (χ0n) is 21.8. The van der Waals surface area contributed by atoms with E-state index in [1.165, 1.54) is 18.2 Å². The van der Waals surface area contributed by atoms with Gasteiger partial charge in [-0.2, -0.15) is 0 Å². The van der Waals surface area contributed by atoms with Crippen LogP contribution in [0.3, 0.4) is 0 Å². The molecule has 0 radical (unpaired) electrons. The average Bonchev–Trinajstić information content (AvgIpc) is 2.85. The molecule has 0 N–H and O–H groups in total. The van der Waals surface area contributed by atoms with E-state index in [2.05, 4.69) is 39.8 Å². The first kappa shape index (κ1) is 25.4. The van der Waals surface area contributed by atoms with E-state index in [1.54, 1.807) is 26.4 Å². The fourth-order valence-corrected chi connectivity index (χ4v) is 5.56. The SMILES string of the molecule is COC(=O)c1ccc(C(C(OC)OC)C2COc3cc4c(cc3C2=O)C(C)(C)CCC4(C)C)cc1. The Morgan fingerprint density at radius 2 is 1.51 bits per heavy atom. The van der Waals surface area contributed by atoms with Crippen LogP contribution in [0.25, 0.3) is 0 Å². The minimum absolute atomic E-state index is 0.0161. The van der Waals surface area contributed by atoms with Gasteiger partial charge in [0.25, 0.3) is 0 Å². The van der Waals surface area contributed by atoms with Crippen molar-refractivity contribution in [3.8, 4) is 5.75 Å². The molecule has 0 saturated heterocycles. The summed E-state index contributed by atoms with van der Waals surface area (Å²) in [7, 11) is 4.47. The fraction of sp³-hybridized carbons (Fsp3) is 0.517. The maximum Gasteiger partial charge on any atom is 0.337 e. The Morgan fingerprint density at radius 3 is 2.06 bits per heavy atom. The van der Waals surface area contributed by atoms with E-state index in [-0.39, 0.29) is 23.2 Å². The summed E-state index contributed by atoms with van der Waals surface area (Å²) in [4.78, 5) is 25.9. The highest BCUT2D eigenvalue weighted by Crippen LogP contribution is 2.49. The minimum Gasteiger partial charge on any atom is -0.492 e. The molecule has 6 heteroatoms. The third kappa shape index (κ3) is 4.50. The van der Waals surface area contributed by atoms with Gasteiger partial charge in [-0.25, -0.2) is 4.79 Å². The number of carbonyl (C=O) groups is 2. The van der Waals surface area contributed by atoms with Crippen LogP contribution >= 0.6 is 0 Å². The number of benzene rings is 2. The van der Waals surface area contributed by atoms with Crippen LogP contribution in [-0.4, -0.2) is 46.0 Å². The second-order valence-electron chi connectivity index (χ2n) is 10.9. The van der Waals surface area contributed by atoms with Crippen LogP contribution in [0.4, 0.5) is 0 Å². The lowest BCUT2D eigenvalue weighted by atomic mass is 9.62. The first-order chi connectivity index (χ1) is 16.5. The summed E-state index contributed by atoms with van der Waals surface area (Å²) in [5.74, 6) is -0.659. The van der Waals surface area contributed by atoms with Crippen molar-refractivity contribution in [2.24, 2.45) is 5.92 Å². The summed E-state index contributed by atoms with van der Waals surface area (Å²) in [6, 6.07) is 11.2. The molecule has 2 atom stereocenters. The van der Waals surface area contributed by atoms with Crippen molar-refractivity contribution >= 4 is 11.8 Å². The number of hydrogen-bond donors (Lipinski definition) is 0. The monoisotopic (exact) mass is 480 g/mol. The molecule has 0 aromatic heterocycles. The summed E-state index contributed by atoms with van der Waals surface area (Å²) in [5.41, 5.74) is 4.39. The third-order valence-electron chi connectivity index (χ3n) is 7.88. The first-order valence-electron chi connectivity index (χ1n) is 12.1. The first-order valence-corrected chi connectivity index (χ1v) is 12.1. The van der Waals surface area contributed by atoms with Crippen LogP contribution < -0.4 is 4.74 Å². The Balaban J connectivity index is 1.76. The zero-order chi connectivity index (χ0) is 25.5. The number of fused-ring (bicyclic) bond motifs is 2. The molecule has 2 aromatic rings. The maximum atomic E-state index is 14.0. The molecule has 0 amide bonds. The van der Waals surface area contributed by atoms with Crippen molar-refractivity contribution in [1.82, 2.24) is 0 Å². The molecule has 0 fully saturated rings. The normalized spacial score (nSPS) is 21.0. The highest BCUT2D eigenvalue weighted by atomic mass is 16.7. The predicted molar refractivity (Wildman–Crippen MR) is 133 cm³/mol. The molecule has 2 aromatic carbocycles. The van der Waals surface area contributed by atoms with Crippen molar-refractivity contribution < 1.29 is 28.5 Å². The van der Waals surface area contributed by atoms with Crippen LogP contribution in [0.5, 0.6) is 5.75 Å². The van der Waals surface area contributed by atoms with Crippen molar-refractivity contribution in [2.75, 3.05) is 27.9 Å². The molecule has 4 rings (SSSR count). The molecule has 2 aliphatic rings. The van der Waals surface area contributed by atoms with E-state index < -0.39 is 24.1 Å².